The zero-order valence-electron chi connectivity index (χ0n) is 8.18. The number of allylic oxidation sites excluding steroid dienone is 1. The summed E-state index contributed by atoms with van der Waals surface area (Å²) in [5.74, 6) is -0.370. The maximum Gasteiger partial charge on any atom is 0.332 e. The van der Waals surface area contributed by atoms with E-state index in [9.17, 15) is 4.79 Å². The lowest BCUT2D eigenvalue weighted by Crippen LogP contribution is -2.17. The van der Waals surface area contributed by atoms with Crippen LogP contribution in [0.2, 0.25) is 0 Å². The first-order chi connectivity index (χ1) is 5.31. The summed E-state index contributed by atoms with van der Waals surface area (Å²) in [6.07, 6.45) is 1.28. The third-order valence-electron chi connectivity index (χ3n) is 0.993. The van der Waals surface area contributed by atoms with Crippen LogP contribution in [-0.4, -0.2) is 12.6 Å². The first kappa shape index (κ1) is 11.0. The van der Waals surface area contributed by atoms with E-state index in [1.165, 1.54) is 6.08 Å². The van der Waals surface area contributed by atoms with Crippen molar-refractivity contribution in [3.05, 3.63) is 11.8 Å². The minimum absolute atomic E-state index is 0.00596. The molecule has 0 amide bonds. The Hall–Kier alpha value is -0.990. The molecule has 0 unspecified atom stereocenters. The molecule has 70 valence electrons. The first-order valence-corrected chi connectivity index (χ1v) is 3.92. The summed E-state index contributed by atoms with van der Waals surface area (Å²) in [5.41, 5.74) is 5.77. The van der Waals surface area contributed by atoms with Gasteiger partial charge in [0.15, 0.2) is 0 Å². The van der Waals surface area contributed by atoms with Crippen LogP contribution in [-0.2, 0) is 9.53 Å². The second kappa shape index (κ2) is 4.14. The number of carbonyl (C=O) groups excluding carboxylic acids is 1. The fourth-order valence-corrected chi connectivity index (χ4v) is 0.515. The SMILES string of the molecule is CC(N)=CC(=O)OCC(C)(C)C. The standard InChI is InChI=1S/C9H17NO2/c1-7(10)5-8(11)12-6-9(2,3)4/h5H,6,10H2,1-4H3. The van der Waals surface area contributed by atoms with E-state index >= 15 is 0 Å². The van der Waals surface area contributed by atoms with Gasteiger partial charge in [0.25, 0.3) is 0 Å². The van der Waals surface area contributed by atoms with Crippen molar-refractivity contribution in [1.29, 1.82) is 0 Å². The quantitative estimate of drug-likeness (QED) is 0.505. The lowest BCUT2D eigenvalue weighted by atomic mass is 9.99. The summed E-state index contributed by atoms with van der Waals surface area (Å²) < 4.78 is 4.92. The van der Waals surface area contributed by atoms with Crippen molar-refractivity contribution in [2.75, 3.05) is 6.61 Å². The average Bonchev–Trinajstić information content (AvgIpc) is 1.80. The Kier molecular flexibility index (Phi) is 3.80. The van der Waals surface area contributed by atoms with Crippen LogP contribution in [0.3, 0.4) is 0 Å². The molecule has 0 heterocycles. The monoisotopic (exact) mass is 171 g/mol. The molecule has 0 aromatic heterocycles. The van der Waals surface area contributed by atoms with Crippen molar-refractivity contribution < 1.29 is 9.53 Å². The first-order valence-electron chi connectivity index (χ1n) is 3.92. The van der Waals surface area contributed by atoms with E-state index in [0.717, 1.165) is 0 Å². The molecule has 0 aliphatic rings. The molecule has 0 aromatic rings. The van der Waals surface area contributed by atoms with Crippen molar-refractivity contribution in [3.63, 3.8) is 0 Å². The van der Waals surface area contributed by atoms with Gasteiger partial charge in [-0.2, -0.15) is 0 Å². The highest BCUT2D eigenvalue weighted by Gasteiger charge is 2.12. The van der Waals surface area contributed by atoms with E-state index in [4.69, 9.17) is 10.5 Å². The molecule has 3 nitrogen and oxygen atoms in total. The third-order valence-corrected chi connectivity index (χ3v) is 0.993. The molecule has 0 bridgehead atoms. The van der Waals surface area contributed by atoms with Gasteiger partial charge in [0.1, 0.15) is 0 Å². The van der Waals surface area contributed by atoms with Gasteiger partial charge in [-0.05, 0) is 12.3 Å². The van der Waals surface area contributed by atoms with Crippen LogP contribution in [0.25, 0.3) is 0 Å². The number of rotatable bonds is 2. The zero-order valence-corrected chi connectivity index (χ0v) is 8.18. The van der Waals surface area contributed by atoms with Gasteiger partial charge in [-0.3, -0.25) is 0 Å². The van der Waals surface area contributed by atoms with Gasteiger partial charge in [0, 0.05) is 11.8 Å². The lowest BCUT2D eigenvalue weighted by Gasteiger charge is -2.16. The Bertz CT molecular complexity index is 185. The van der Waals surface area contributed by atoms with Crippen LogP contribution >= 0.6 is 0 Å². The molecule has 0 saturated carbocycles. The zero-order chi connectivity index (χ0) is 9.78. The van der Waals surface area contributed by atoms with Gasteiger partial charge in [-0.25, -0.2) is 4.79 Å². The molecule has 12 heavy (non-hydrogen) atoms. The van der Waals surface area contributed by atoms with Crippen LogP contribution in [0, 0.1) is 5.41 Å². The van der Waals surface area contributed by atoms with E-state index in [1.54, 1.807) is 6.92 Å². The summed E-state index contributed by atoms with van der Waals surface area (Å²) in [6.45, 7) is 8.06. The van der Waals surface area contributed by atoms with Gasteiger partial charge in [0.2, 0.25) is 0 Å². The Labute approximate surface area is 73.6 Å². The molecule has 0 aliphatic carbocycles. The Morgan fingerprint density at radius 1 is 1.50 bits per heavy atom. The maximum absolute atomic E-state index is 10.9. The van der Waals surface area contributed by atoms with Crippen molar-refractivity contribution in [2.45, 2.75) is 27.7 Å². The van der Waals surface area contributed by atoms with E-state index in [1.807, 2.05) is 20.8 Å². The van der Waals surface area contributed by atoms with Crippen molar-refractivity contribution >= 4 is 5.97 Å². The smallest absolute Gasteiger partial charge is 0.332 e. The third kappa shape index (κ3) is 7.12. The molecular weight excluding hydrogens is 154 g/mol. The Morgan fingerprint density at radius 2 is 2.00 bits per heavy atom. The summed E-state index contributed by atoms with van der Waals surface area (Å²) in [4.78, 5) is 10.9. The summed E-state index contributed by atoms with van der Waals surface area (Å²) in [6, 6.07) is 0. The number of hydrogen-bond acceptors (Lipinski definition) is 3. The van der Waals surface area contributed by atoms with Crippen LogP contribution in [0.4, 0.5) is 0 Å². The number of nitrogens with two attached hydrogens (primary N) is 1. The fraction of sp³-hybridized carbons (Fsp3) is 0.667. The number of carbonyl (C=O) groups is 1. The molecule has 0 radical (unpaired) electrons. The second-order valence-corrected chi connectivity index (χ2v) is 4.06. The molecule has 0 spiro atoms. The minimum atomic E-state index is -0.370. The van der Waals surface area contributed by atoms with Gasteiger partial charge < -0.3 is 10.5 Å². The molecule has 0 fully saturated rings. The van der Waals surface area contributed by atoms with Crippen LogP contribution in [0.15, 0.2) is 11.8 Å². The molecule has 2 N–H and O–H groups in total. The Morgan fingerprint density at radius 3 is 2.33 bits per heavy atom. The largest absolute Gasteiger partial charge is 0.462 e. The number of ether oxygens (including phenoxy) is 1. The van der Waals surface area contributed by atoms with Gasteiger partial charge in [-0.1, -0.05) is 20.8 Å². The summed E-state index contributed by atoms with van der Waals surface area (Å²) in [5, 5.41) is 0. The maximum atomic E-state index is 10.9. The Balaban J connectivity index is 3.81. The van der Waals surface area contributed by atoms with Crippen LogP contribution in [0.5, 0.6) is 0 Å². The van der Waals surface area contributed by atoms with Crippen molar-refractivity contribution in [1.82, 2.24) is 0 Å². The molecule has 0 atom stereocenters. The number of esters is 1. The predicted octanol–water partition coefficient (Wildman–Crippen LogP) is 1.44. The van der Waals surface area contributed by atoms with Crippen LogP contribution in [0.1, 0.15) is 27.7 Å². The average molecular weight is 171 g/mol. The molecular formula is C9H17NO2. The van der Waals surface area contributed by atoms with E-state index in [-0.39, 0.29) is 11.4 Å². The normalized spacial score (nSPS) is 12.8. The molecule has 0 saturated heterocycles. The van der Waals surface area contributed by atoms with E-state index in [0.29, 0.717) is 12.3 Å². The lowest BCUT2D eigenvalue weighted by molar-refractivity contribution is -0.140. The van der Waals surface area contributed by atoms with Gasteiger partial charge >= 0.3 is 5.97 Å². The highest BCUT2D eigenvalue weighted by atomic mass is 16.5. The molecule has 0 aromatic carbocycles. The van der Waals surface area contributed by atoms with E-state index < -0.39 is 0 Å². The van der Waals surface area contributed by atoms with Gasteiger partial charge in [0.05, 0.1) is 6.61 Å². The highest BCUT2D eigenvalue weighted by molar-refractivity contribution is 5.82. The topological polar surface area (TPSA) is 52.3 Å². The summed E-state index contributed by atoms with van der Waals surface area (Å²) >= 11 is 0. The van der Waals surface area contributed by atoms with Crippen LogP contribution < -0.4 is 5.73 Å². The fourth-order valence-electron chi connectivity index (χ4n) is 0.515. The second-order valence-electron chi connectivity index (χ2n) is 4.06. The number of hydrogen-bond donors (Lipinski definition) is 1. The molecule has 3 heteroatoms. The predicted molar refractivity (Wildman–Crippen MR) is 48.4 cm³/mol. The molecule has 0 rings (SSSR count). The van der Waals surface area contributed by atoms with E-state index in [2.05, 4.69) is 0 Å². The van der Waals surface area contributed by atoms with Crippen molar-refractivity contribution in [2.24, 2.45) is 11.1 Å². The van der Waals surface area contributed by atoms with Gasteiger partial charge in [-0.15, -0.1) is 0 Å². The highest BCUT2D eigenvalue weighted by Crippen LogP contribution is 2.12. The molecule has 0 aliphatic heterocycles. The van der Waals surface area contributed by atoms with Crippen molar-refractivity contribution in [3.8, 4) is 0 Å². The summed E-state index contributed by atoms with van der Waals surface area (Å²) in [7, 11) is 0. The minimum Gasteiger partial charge on any atom is -0.462 e.